The first-order valence-electron chi connectivity index (χ1n) is 2.23. The molecule has 1 N–H and O–H groups in total. The molecule has 0 spiro atoms. The van der Waals surface area contributed by atoms with Crippen molar-refractivity contribution < 1.29 is 0 Å². The molecule has 1 saturated heterocycles. The number of amidine groups is 1. The van der Waals surface area contributed by atoms with Gasteiger partial charge in [-0.25, -0.2) is 0 Å². The van der Waals surface area contributed by atoms with Crippen LogP contribution in [0.3, 0.4) is 0 Å². The van der Waals surface area contributed by atoms with Gasteiger partial charge in [0.25, 0.3) is 0 Å². The van der Waals surface area contributed by atoms with Crippen LogP contribution in [0.2, 0.25) is 0 Å². The lowest BCUT2D eigenvalue weighted by atomic mass is 10.7. The Kier molecular flexibility index (Phi) is 1.40. The summed E-state index contributed by atoms with van der Waals surface area (Å²) < 4.78 is 0. The SMILES string of the molecule is N#CN1CCSC1=N. The largest absolute Gasteiger partial charge is 0.278 e. The lowest BCUT2D eigenvalue weighted by Gasteiger charge is -2.00. The summed E-state index contributed by atoms with van der Waals surface area (Å²) in [6, 6.07) is 0. The molecule has 8 heavy (non-hydrogen) atoms. The summed E-state index contributed by atoms with van der Waals surface area (Å²) in [5, 5.41) is 15.7. The van der Waals surface area contributed by atoms with Crippen molar-refractivity contribution in [1.82, 2.24) is 4.90 Å². The number of hydrogen-bond donors (Lipinski definition) is 1. The summed E-state index contributed by atoms with van der Waals surface area (Å²) in [6.07, 6.45) is 1.90. The van der Waals surface area contributed by atoms with Gasteiger partial charge < -0.3 is 0 Å². The molecule has 4 heteroatoms. The van der Waals surface area contributed by atoms with Gasteiger partial charge in [-0.2, -0.15) is 5.26 Å². The molecule has 0 unspecified atom stereocenters. The van der Waals surface area contributed by atoms with E-state index < -0.39 is 0 Å². The lowest BCUT2D eigenvalue weighted by Crippen LogP contribution is -2.16. The third kappa shape index (κ3) is 0.771. The van der Waals surface area contributed by atoms with Crippen LogP contribution in [-0.2, 0) is 0 Å². The average Bonchev–Trinajstić information content (AvgIpc) is 2.14. The van der Waals surface area contributed by atoms with Crippen LogP contribution in [0.4, 0.5) is 0 Å². The Morgan fingerprint density at radius 3 is 2.88 bits per heavy atom. The smallest absolute Gasteiger partial charge is 0.185 e. The molecule has 0 aromatic heterocycles. The fourth-order valence-electron chi connectivity index (χ4n) is 0.508. The summed E-state index contributed by atoms with van der Waals surface area (Å²) in [7, 11) is 0. The highest BCUT2D eigenvalue weighted by molar-refractivity contribution is 8.14. The molecule has 3 nitrogen and oxygen atoms in total. The molecule has 0 atom stereocenters. The Morgan fingerprint density at radius 2 is 2.62 bits per heavy atom. The number of nitrogens with one attached hydrogen (secondary N) is 1. The minimum atomic E-state index is 0.382. The Hall–Kier alpha value is -0.690. The zero-order valence-electron chi connectivity index (χ0n) is 4.22. The third-order valence-electron chi connectivity index (χ3n) is 0.920. The summed E-state index contributed by atoms with van der Waals surface area (Å²) >= 11 is 1.42. The van der Waals surface area contributed by atoms with E-state index in [1.807, 2.05) is 6.19 Å². The molecule has 1 aliphatic heterocycles. The maximum atomic E-state index is 8.26. The van der Waals surface area contributed by atoms with E-state index in [1.165, 1.54) is 16.7 Å². The van der Waals surface area contributed by atoms with E-state index in [0.717, 1.165) is 5.75 Å². The van der Waals surface area contributed by atoms with E-state index in [4.69, 9.17) is 10.7 Å². The highest BCUT2D eigenvalue weighted by atomic mass is 32.2. The number of hydrogen-bond acceptors (Lipinski definition) is 3. The van der Waals surface area contributed by atoms with E-state index in [1.54, 1.807) is 0 Å². The third-order valence-corrected chi connectivity index (χ3v) is 1.80. The van der Waals surface area contributed by atoms with Crippen LogP contribution in [-0.4, -0.2) is 22.4 Å². The van der Waals surface area contributed by atoms with Crippen LogP contribution >= 0.6 is 11.8 Å². The molecule has 1 fully saturated rings. The number of nitriles is 1. The molecule has 0 bridgehead atoms. The van der Waals surface area contributed by atoms with Crippen LogP contribution in [0.15, 0.2) is 0 Å². The van der Waals surface area contributed by atoms with Crippen molar-refractivity contribution >= 4 is 16.9 Å². The van der Waals surface area contributed by atoms with Crippen LogP contribution in [0, 0.1) is 16.9 Å². The topological polar surface area (TPSA) is 50.9 Å². The molecular formula is C4H5N3S. The van der Waals surface area contributed by atoms with Gasteiger partial charge in [-0.1, -0.05) is 11.8 Å². The molecule has 0 saturated carbocycles. The Labute approximate surface area is 51.8 Å². The summed E-state index contributed by atoms with van der Waals surface area (Å²) in [6.45, 7) is 0.708. The van der Waals surface area contributed by atoms with Crippen molar-refractivity contribution in [3.05, 3.63) is 0 Å². The van der Waals surface area contributed by atoms with Gasteiger partial charge in [0.15, 0.2) is 11.4 Å². The molecule has 0 aromatic carbocycles. The summed E-state index contributed by atoms with van der Waals surface area (Å²) in [5.74, 6) is 0.881. The van der Waals surface area contributed by atoms with Crippen LogP contribution in [0.25, 0.3) is 0 Å². The first kappa shape index (κ1) is 5.45. The highest BCUT2D eigenvalue weighted by Crippen LogP contribution is 2.13. The van der Waals surface area contributed by atoms with Crippen LogP contribution < -0.4 is 0 Å². The first-order chi connectivity index (χ1) is 3.84. The minimum absolute atomic E-state index is 0.382. The van der Waals surface area contributed by atoms with Gasteiger partial charge in [0.1, 0.15) is 0 Å². The van der Waals surface area contributed by atoms with E-state index in [2.05, 4.69) is 0 Å². The second kappa shape index (κ2) is 2.05. The van der Waals surface area contributed by atoms with Gasteiger partial charge >= 0.3 is 0 Å². The van der Waals surface area contributed by atoms with E-state index in [0.29, 0.717) is 11.7 Å². The van der Waals surface area contributed by atoms with E-state index in [-0.39, 0.29) is 0 Å². The Bertz CT molecular complexity index is 148. The predicted molar refractivity (Wildman–Crippen MR) is 32.5 cm³/mol. The van der Waals surface area contributed by atoms with Gasteiger partial charge in [0, 0.05) is 12.3 Å². The zero-order chi connectivity index (χ0) is 5.98. The molecule has 42 valence electrons. The zero-order valence-corrected chi connectivity index (χ0v) is 5.03. The number of nitrogens with zero attached hydrogens (tertiary/aromatic N) is 2. The lowest BCUT2D eigenvalue weighted by molar-refractivity contribution is 0.637. The van der Waals surface area contributed by atoms with Crippen molar-refractivity contribution in [3.8, 4) is 6.19 Å². The average molecular weight is 127 g/mol. The maximum Gasteiger partial charge on any atom is 0.185 e. The van der Waals surface area contributed by atoms with Crippen molar-refractivity contribution in [3.63, 3.8) is 0 Å². The Balaban J connectivity index is 2.58. The fraction of sp³-hybridized carbons (Fsp3) is 0.500. The van der Waals surface area contributed by atoms with Crippen molar-refractivity contribution in [2.24, 2.45) is 0 Å². The van der Waals surface area contributed by atoms with Crippen molar-refractivity contribution in [2.75, 3.05) is 12.3 Å². The molecular weight excluding hydrogens is 122 g/mol. The van der Waals surface area contributed by atoms with Gasteiger partial charge in [-0.05, 0) is 0 Å². The monoisotopic (exact) mass is 127 g/mol. The standard InChI is InChI=1S/C4H5N3S/c5-3-7-1-2-8-4(7)6/h6H,1-2H2. The van der Waals surface area contributed by atoms with Gasteiger partial charge in [-0.15, -0.1) is 0 Å². The molecule has 1 rings (SSSR count). The van der Waals surface area contributed by atoms with E-state index in [9.17, 15) is 0 Å². The van der Waals surface area contributed by atoms with E-state index >= 15 is 0 Å². The van der Waals surface area contributed by atoms with Crippen molar-refractivity contribution in [1.29, 1.82) is 10.7 Å². The highest BCUT2D eigenvalue weighted by Gasteiger charge is 2.15. The van der Waals surface area contributed by atoms with Gasteiger partial charge in [0.2, 0.25) is 0 Å². The second-order valence-electron chi connectivity index (χ2n) is 1.41. The second-order valence-corrected chi connectivity index (χ2v) is 2.49. The normalized spacial score (nSPS) is 18.9. The van der Waals surface area contributed by atoms with Crippen LogP contribution in [0.5, 0.6) is 0 Å². The summed E-state index contributed by atoms with van der Waals surface area (Å²) in [5.41, 5.74) is 0. The fourth-order valence-corrected chi connectivity index (χ4v) is 1.26. The van der Waals surface area contributed by atoms with Crippen molar-refractivity contribution in [2.45, 2.75) is 0 Å². The molecule has 0 amide bonds. The number of rotatable bonds is 0. The van der Waals surface area contributed by atoms with Gasteiger partial charge in [-0.3, -0.25) is 10.3 Å². The molecule has 0 radical (unpaired) electrons. The molecule has 1 aliphatic rings. The Morgan fingerprint density at radius 1 is 1.88 bits per heavy atom. The maximum absolute atomic E-state index is 8.26. The first-order valence-corrected chi connectivity index (χ1v) is 3.22. The quantitative estimate of drug-likeness (QED) is 0.481. The van der Waals surface area contributed by atoms with Crippen LogP contribution in [0.1, 0.15) is 0 Å². The molecule has 1 heterocycles. The summed E-state index contributed by atoms with van der Waals surface area (Å²) in [4.78, 5) is 1.38. The number of thioether (sulfide) groups is 1. The molecule has 0 aliphatic carbocycles. The molecule has 0 aromatic rings. The minimum Gasteiger partial charge on any atom is -0.278 e. The predicted octanol–water partition coefficient (Wildman–Crippen LogP) is 0.451. The van der Waals surface area contributed by atoms with Gasteiger partial charge in [0.05, 0.1) is 0 Å².